The van der Waals surface area contributed by atoms with Crippen LogP contribution in [-0.2, 0) is 4.79 Å². The van der Waals surface area contributed by atoms with Crippen LogP contribution in [-0.4, -0.2) is 44.5 Å². The average Bonchev–Trinajstić information content (AvgIpc) is 2.43. The molecule has 104 valence electrons. The van der Waals surface area contributed by atoms with Crippen LogP contribution in [0.2, 0.25) is 0 Å². The van der Waals surface area contributed by atoms with Gasteiger partial charge in [-0.15, -0.1) is 0 Å². The minimum absolute atomic E-state index is 0.102. The van der Waals surface area contributed by atoms with E-state index in [0.29, 0.717) is 23.5 Å². The third-order valence-corrected chi connectivity index (χ3v) is 2.78. The maximum Gasteiger partial charge on any atom is 0.253 e. The van der Waals surface area contributed by atoms with Crippen LogP contribution >= 0.6 is 0 Å². The number of benzene rings is 1. The summed E-state index contributed by atoms with van der Waals surface area (Å²) < 4.78 is 5.07. The van der Waals surface area contributed by atoms with Crippen LogP contribution in [0.5, 0.6) is 5.75 Å². The van der Waals surface area contributed by atoms with Gasteiger partial charge < -0.3 is 20.7 Å². The van der Waals surface area contributed by atoms with E-state index in [-0.39, 0.29) is 18.2 Å². The highest BCUT2D eigenvalue weighted by Gasteiger charge is 2.14. The first-order valence-corrected chi connectivity index (χ1v) is 5.89. The van der Waals surface area contributed by atoms with Crippen molar-refractivity contribution in [1.29, 1.82) is 0 Å². The van der Waals surface area contributed by atoms with Gasteiger partial charge in [0.05, 0.1) is 12.8 Å². The van der Waals surface area contributed by atoms with Crippen molar-refractivity contribution in [3.8, 4) is 5.75 Å². The molecule has 1 aromatic carbocycles. The molecule has 0 spiro atoms. The molecule has 19 heavy (non-hydrogen) atoms. The molecule has 0 aromatic heterocycles. The van der Waals surface area contributed by atoms with E-state index in [1.807, 2.05) is 0 Å². The zero-order chi connectivity index (χ0) is 14.4. The number of nitrogens with one attached hydrogen (secondary N) is 1. The SMILES string of the molecule is CNC(=O)CCN(C)C(=O)c1ccc(N)c(OC)c1. The van der Waals surface area contributed by atoms with Gasteiger partial charge >= 0.3 is 0 Å². The molecule has 0 saturated heterocycles. The predicted molar refractivity (Wildman–Crippen MR) is 73.1 cm³/mol. The lowest BCUT2D eigenvalue weighted by Gasteiger charge is -2.17. The number of carbonyl (C=O) groups is 2. The van der Waals surface area contributed by atoms with Crippen molar-refractivity contribution < 1.29 is 14.3 Å². The zero-order valence-corrected chi connectivity index (χ0v) is 11.4. The summed E-state index contributed by atoms with van der Waals surface area (Å²) >= 11 is 0. The standard InChI is InChI=1S/C13H19N3O3/c1-15-12(17)6-7-16(2)13(18)9-4-5-10(14)11(8-9)19-3/h4-5,8H,6-7,14H2,1-3H3,(H,15,17). The number of nitrogens with two attached hydrogens (primary N) is 1. The molecule has 1 rings (SSSR count). The lowest BCUT2D eigenvalue weighted by atomic mass is 10.1. The molecule has 0 heterocycles. The van der Waals surface area contributed by atoms with Crippen molar-refractivity contribution in [2.45, 2.75) is 6.42 Å². The number of rotatable bonds is 5. The zero-order valence-electron chi connectivity index (χ0n) is 11.4. The number of ether oxygens (including phenoxy) is 1. The molecule has 0 saturated carbocycles. The van der Waals surface area contributed by atoms with Crippen LogP contribution in [0.25, 0.3) is 0 Å². The number of hydrogen-bond acceptors (Lipinski definition) is 4. The molecule has 0 unspecified atom stereocenters. The van der Waals surface area contributed by atoms with E-state index in [1.165, 1.54) is 12.0 Å². The van der Waals surface area contributed by atoms with Gasteiger partial charge in [-0.25, -0.2) is 0 Å². The summed E-state index contributed by atoms with van der Waals surface area (Å²) in [5.74, 6) is 0.183. The number of methoxy groups -OCH3 is 1. The highest BCUT2D eigenvalue weighted by atomic mass is 16.5. The summed E-state index contributed by atoms with van der Waals surface area (Å²) in [7, 11) is 4.71. The molecular formula is C13H19N3O3. The minimum atomic E-state index is -0.179. The van der Waals surface area contributed by atoms with Gasteiger partial charge in [0.25, 0.3) is 5.91 Å². The Kier molecular flexibility index (Phi) is 5.17. The van der Waals surface area contributed by atoms with Crippen LogP contribution in [0.4, 0.5) is 5.69 Å². The van der Waals surface area contributed by atoms with Crippen molar-refractivity contribution in [3.05, 3.63) is 23.8 Å². The van der Waals surface area contributed by atoms with Crippen LogP contribution in [0.15, 0.2) is 18.2 Å². The Morgan fingerprint density at radius 1 is 1.42 bits per heavy atom. The summed E-state index contributed by atoms with van der Waals surface area (Å²) in [5, 5.41) is 2.51. The summed E-state index contributed by atoms with van der Waals surface area (Å²) in [4.78, 5) is 24.7. The molecule has 0 aliphatic heterocycles. The Bertz CT molecular complexity index is 474. The number of anilines is 1. The summed E-state index contributed by atoms with van der Waals surface area (Å²) in [6.07, 6.45) is 0.269. The normalized spacial score (nSPS) is 9.84. The van der Waals surface area contributed by atoms with Crippen molar-refractivity contribution >= 4 is 17.5 Å². The minimum Gasteiger partial charge on any atom is -0.495 e. The summed E-state index contributed by atoms with van der Waals surface area (Å²) in [6.45, 7) is 0.352. The second-order valence-corrected chi connectivity index (χ2v) is 4.11. The van der Waals surface area contributed by atoms with Crippen LogP contribution in [0.1, 0.15) is 16.8 Å². The lowest BCUT2D eigenvalue weighted by Crippen LogP contribution is -2.31. The first kappa shape index (κ1) is 14.8. The fraction of sp³-hybridized carbons (Fsp3) is 0.385. The molecule has 2 amide bonds. The van der Waals surface area contributed by atoms with Crippen LogP contribution in [0.3, 0.4) is 0 Å². The van der Waals surface area contributed by atoms with Crippen molar-refractivity contribution in [2.75, 3.05) is 33.5 Å². The molecule has 0 atom stereocenters. The molecule has 0 bridgehead atoms. The van der Waals surface area contributed by atoms with Gasteiger partial charge in [-0.3, -0.25) is 9.59 Å². The molecule has 6 nitrogen and oxygen atoms in total. The second kappa shape index (κ2) is 6.63. The van der Waals surface area contributed by atoms with Gasteiger partial charge in [0.2, 0.25) is 5.91 Å². The molecule has 0 fully saturated rings. The van der Waals surface area contributed by atoms with E-state index in [0.717, 1.165) is 0 Å². The molecule has 0 radical (unpaired) electrons. The largest absolute Gasteiger partial charge is 0.495 e. The van der Waals surface area contributed by atoms with Gasteiger partial charge in [0, 0.05) is 32.6 Å². The third-order valence-electron chi connectivity index (χ3n) is 2.78. The molecular weight excluding hydrogens is 246 g/mol. The number of amides is 2. The van der Waals surface area contributed by atoms with Gasteiger partial charge in [-0.1, -0.05) is 0 Å². The van der Waals surface area contributed by atoms with Gasteiger partial charge in [0.15, 0.2) is 0 Å². The fourth-order valence-corrected chi connectivity index (χ4v) is 1.56. The topological polar surface area (TPSA) is 84.7 Å². The maximum atomic E-state index is 12.1. The Hall–Kier alpha value is -2.24. The van der Waals surface area contributed by atoms with E-state index >= 15 is 0 Å². The van der Waals surface area contributed by atoms with E-state index < -0.39 is 0 Å². The molecule has 0 aliphatic rings. The van der Waals surface area contributed by atoms with Crippen molar-refractivity contribution in [3.63, 3.8) is 0 Å². The summed E-state index contributed by atoms with van der Waals surface area (Å²) in [6, 6.07) is 4.85. The highest BCUT2D eigenvalue weighted by molar-refractivity contribution is 5.95. The predicted octanol–water partition coefficient (Wildman–Crippen LogP) is 0.486. The van der Waals surface area contributed by atoms with Crippen molar-refractivity contribution in [1.82, 2.24) is 10.2 Å². The molecule has 3 N–H and O–H groups in total. The maximum absolute atomic E-state index is 12.1. The molecule has 0 aliphatic carbocycles. The van der Waals surface area contributed by atoms with Gasteiger partial charge in [-0.2, -0.15) is 0 Å². The van der Waals surface area contributed by atoms with Crippen molar-refractivity contribution in [2.24, 2.45) is 0 Å². The number of carbonyl (C=O) groups excluding carboxylic acids is 2. The van der Waals surface area contributed by atoms with Crippen LogP contribution in [0, 0.1) is 0 Å². The van der Waals surface area contributed by atoms with Crippen LogP contribution < -0.4 is 15.8 Å². The first-order valence-electron chi connectivity index (χ1n) is 5.89. The second-order valence-electron chi connectivity index (χ2n) is 4.11. The number of nitrogens with zero attached hydrogens (tertiary/aromatic N) is 1. The summed E-state index contributed by atoms with van der Waals surface area (Å²) in [5.41, 5.74) is 6.65. The lowest BCUT2D eigenvalue weighted by molar-refractivity contribution is -0.120. The average molecular weight is 265 g/mol. The smallest absolute Gasteiger partial charge is 0.253 e. The van der Waals surface area contributed by atoms with E-state index in [2.05, 4.69) is 5.32 Å². The monoisotopic (exact) mass is 265 g/mol. The fourth-order valence-electron chi connectivity index (χ4n) is 1.56. The Morgan fingerprint density at radius 3 is 2.68 bits per heavy atom. The highest BCUT2D eigenvalue weighted by Crippen LogP contribution is 2.22. The van der Waals surface area contributed by atoms with E-state index in [4.69, 9.17) is 10.5 Å². The van der Waals surface area contributed by atoms with Gasteiger partial charge in [-0.05, 0) is 18.2 Å². The van der Waals surface area contributed by atoms with E-state index in [1.54, 1.807) is 32.3 Å². The third kappa shape index (κ3) is 3.87. The Balaban J connectivity index is 2.74. The quantitative estimate of drug-likeness (QED) is 0.759. The van der Waals surface area contributed by atoms with Gasteiger partial charge in [0.1, 0.15) is 5.75 Å². The Labute approximate surface area is 112 Å². The van der Waals surface area contributed by atoms with E-state index in [9.17, 15) is 9.59 Å². The Morgan fingerprint density at radius 2 is 2.11 bits per heavy atom. The number of hydrogen-bond donors (Lipinski definition) is 2. The molecule has 1 aromatic rings. The first-order chi connectivity index (χ1) is 8.99. The number of nitrogen functional groups attached to an aromatic ring is 1. The molecule has 6 heteroatoms.